The van der Waals surface area contributed by atoms with Gasteiger partial charge in [0.25, 0.3) is 0 Å². The number of rotatable bonds is 10. The van der Waals surface area contributed by atoms with Gasteiger partial charge in [0.05, 0.1) is 13.2 Å². The van der Waals surface area contributed by atoms with Crippen molar-refractivity contribution in [2.45, 2.75) is 30.7 Å². The zero-order valence-electron chi connectivity index (χ0n) is 17.6. The SMILES string of the molecule is O=C(CCOCCNC(=O)OCC1c2ccccc2-c2ccccc21)NC1(C(=O)O)CC1. The molecule has 0 bridgehead atoms. The van der Waals surface area contributed by atoms with Crippen LogP contribution in [0.1, 0.15) is 36.3 Å². The molecule has 2 aromatic carbocycles. The van der Waals surface area contributed by atoms with Gasteiger partial charge in [0, 0.05) is 18.9 Å². The van der Waals surface area contributed by atoms with E-state index >= 15 is 0 Å². The third-order valence-electron chi connectivity index (χ3n) is 5.87. The molecule has 0 unspecified atom stereocenters. The van der Waals surface area contributed by atoms with E-state index in [2.05, 4.69) is 34.9 Å². The fourth-order valence-corrected chi connectivity index (χ4v) is 3.99. The van der Waals surface area contributed by atoms with Gasteiger partial charge in [-0.25, -0.2) is 9.59 Å². The van der Waals surface area contributed by atoms with Crippen LogP contribution in [0.3, 0.4) is 0 Å². The molecule has 32 heavy (non-hydrogen) atoms. The number of amides is 2. The van der Waals surface area contributed by atoms with Crippen LogP contribution in [-0.2, 0) is 19.1 Å². The first kappa shape index (κ1) is 21.8. The lowest BCUT2D eigenvalue weighted by Crippen LogP contribution is -2.43. The van der Waals surface area contributed by atoms with E-state index in [1.807, 2.05) is 24.3 Å². The summed E-state index contributed by atoms with van der Waals surface area (Å²) in [6.45, 7) is 0.860. The summed E-state index contributed by atoms with van der Waals surface area (Å²) in [5.41, 5.74) is 3.57. The smallest absolute Gasteiger partial charge is 0.407 e. The molecule has 4 rings (SSSR count). The van der Waals surface area contributed by atoms with Gasteiger partial charge in [0.1, 0.15) is 12.1 Å². The molecule has 8 heteroatoms. The summed E-state index contributed by atoms with van der Waals surface area (Å²) in [6, 6.07) is 16.3. The molecule has 0 saturated heterocycles. The maximum atomic E-state index is 12.1. The van der Waals surface area contributed by atoms with Gasteiger partial charge in [-0.05, 0) is 35.1 Å². The van der Waals surface area contributed by atoms with Crippen LogP contribution in [0.25, 0.3) is 11.1 Å². The van der Waals surface area contributed by atoms with Crippen molar-refractivity contribution in [3.05, 3.63) is 59.7 Å². The molecule has 0 heterocycles. The van der Waals surface area contributed by atoms with Gasteiger partial charge in [-0.1, -0.05) is 48.5 Å². The highest BCUT2D eigenvalue weighted by Crippen LogP contribution is 2.44. The predicted molar refractivity (Wildman–Crippen MR) is 116 cm³/mol. The first-order chi connectivity index (χ1) is 15.5. The number of ether oxygens (including phenoxy) is 2. The van der Waals surface area contributed by atoms with E-state index in [0.29, 0.717) is 12.8 Å². The van der Waals surface area contributed by atoms with Crippen molar-refractivity contribution in [3.63, 3.8) is 0 Å². The predicted octanol–water partition coefficient (Wildman–Crippen LogP) is 2.67. The molecule has 0 aliphatic heterocycles. The van der Waals surface area contributed by atoms with E-state index in [0.717, 1.165) is 11.1 Å². The summed E-state index contributed by atoms with van der Waals surface area (Å²) in [4.78, 5) is 34.9. The molecular weight excluding hydrogens is 412 g/mol. The van der Waals surface area contributed by atoms with E-state index in [-0.39, 0.29) is 44.6 Å². The van der Waals surface area contributed by atoms with Crippen LogP contribution < -0.4 is 10.6 Å². The molecule has 2 amide bonds. The van der Waals surface area contributed by atoms with Gasteiger partial charge >= 0.3 is 12.1 Å². The lowest BCUT2D eigenvalue weighted by atomic mass is 9.98. The van der Waals surface area contributed by atoms with E-state index in [1.165, 1.54) is 11.1 Å². The summed E-state index contributed by atoms with van der Waals surface area (Å²) in [7, 11) is 0. The van der Waals surface area contributed by atoms with Crippen molar-refractivity contribution in [1.29, 1.82) is 0 Å². The number of carbonyl (C=O) groups excluding carboxylic acids is 2. The summed E-state index contributed by atoms with van der Waals surface area (Å²) in [6.07, 6.45) is 0.461. The van der Waals surface area contributed by atoms with E-state index in [9.17, 15) is 14.4 Å². The van der Waals surface area contributed by atoms with Crippen molar-refractivity contribution in [1.82, 2.24) is 10.6 Å². The van der Waals surface area contributed by atoms with Gasteiger partial charge in [0.2, 0.25) is 5.91 Å². The van der Waals surface area contributed by atoms with Crippen LogP contribution in [0.5, 0.6) is 0 Å². The fourth-order valence-electron chi connectivity index (χ4n) is 3.99. The van der Waals surface area contributed by atoms with Crippen molar-refractivity contribution >= 4 is 18.0 Å². The largest absolute Gasteiger partial charge is 0.480 e. The zero-order chi connectivity index (χ0) is 22.6. The first-order valence-corrected chi connectivity index (χ1v) is 10.7. The molecule has 1 saturated carbocycles. The third-order valence-corrected chi connectivity index (χ3v) is 5.87. The number of fused-ring (bicyclic) bond motifs is 3. The minimum absolute atomic E-state index is 0.00322. The van der Waals surface area contributed by atoms with Crippen LogP contribution >= 0.6 is 0 Å². The van der Waals surface area contributed by atoms with Crippen LogP contribution in [0.15, 0.2) is 48.5 Å². The second-order valence-corrected chi connectivity index (χ2v) is 8.05. The van der Waals surface area contributed by atoms with Crippen LogP contribution in [0.4, 0.5) is 4.79 Å². The summed E-state index contributed by atoms with van der Waals surface area (Å²) in [5.74, 6) is -1.35. The minimum Gasteiger partial charge on any atom is -0.480 e. The Hall–Kier alpha value is -3.39. The summed E-state index contributed by atoms with van der Waals surface area (Å²) < 4.78 is 10.8. The van der Waals surface area contributed by atoms with Crippen LogP contribution in [0, 0.1) is 0 Å². The van der Waals surface area contributed by atoms with Gasteiger partial charge in [-0.3, -0.25) is 4.79 Å². The Balaban J connectivity index is 1.14. The molecule has 0 aromatic heterocycles. The molecule has 0 spiro atoms. The van der Waals surface area contributed by atoms with Crippen molar-refractivity contribution < 1.29 is 29.0 Å². The molecule has 2 aliphatic carbocycles. The summed E-state index contributed by atoms with van der Waals surface area (Å²) in [5, 5.41) is 14.2. The van der Waals surface area contributed by atoms with E-state index < -0.39 is 17.6 Å². The average Bonchev–Trinajstić information content (AvgIpc) is 3.50. The van der Waals surface area contributed by atoms with E-state index in [1.54, 1.807) is 0 Å². The van der Waals surface area contributed by atoms with Crippen molar-refractivity contribution in [3.8, 4) is 11.1 Å². The second kappa shape index (κ2) is 9.40. The fraction of sp³-hybridized carbons (Fsp3) is 0.375. The molecule has 168 valence electrons. The number of carboxylic acid groups (broad SMARTS) is 1. The minimum atomic E-state index is -1.08. The van der Waals surface area contributed by atoms with Gasteiger partial charge in [-0.15, -0.1) is 0 Å². The van der Waals surface area contributed by atoms with Gasteiger partial charge < -0.3 is 25.2 Å². The van der Waals surface area contributed by atoms with Gasteiger partial charge in [0.15, 0.2) is 0 Å². The number of hydrogen-bond acceptors (Lipinski definition) is 5. The van der Waals surface area contributed by atoms with Crippen LogP contribution in [-0.4, -0.2) is 55.0 Å². The number of nitrogens with one attached hydrogen (secondary N) is 2. The Bertz CT molecular complexity index is 972. The number of aliphatic carboxylic acids is 1. The summed E-state index contributed by atoms with van der Waals surface area (Å²) >= 11 is 0. The Morgan fingerprint density at radius 1 is 0.969 bits per heavy atom. The molecule has 0 radical (unpaired) electrons. The first-order valence-electron chi connectivity index (χ1n) is 10.7. The van der Waals surface area contributed by atoms with Crippen molar-refractivity contribution in [2.24, 2.45) is 0 Å². The molecule has 1 fully saturated rings. The molecule has 2 aliphatic rings. The lowest BCUT2D eigenvalue weighted by Gasteiger charge is -2.14. The third kappa shape index (κ3) is 4.75. The van der Waals surface area contributed by atoms with Crippen LogP contribution in [0.2, 0.25) is 0 Å². The standard InChI is InChI=1S/C24H26N2O6/c27-21(26-24(10-11-24)22(28)29)9-13-31-14-12-25-23(30)32-15-20-18-7-3-1-5-16(18)17-6-2-4-8-19(17)20/h1-8,20H,9-15H2,(H,25,30)(H,26,27)(H,28,29). The molecule has 2 aromatic rings. The molecule has 0 atom stereocenters. The highest BCUT2D eigenvalue weighted by molar-refractivity contribution is 5.89. The topological polar surface area (TPSA) is 114 Å². The normalized spacial score (nSPS) is 15.4. The Morgan fingerprint density at radius 2 is 1.59 bits per heavy atom. The number of carbonyl (C=O) groups is 3. The van der Waals surface area contributed by atoms with E-state index in [4.69, 9.17) is 14.6 Å². The molecule has 3 N–H and O–H groups in total. The molecule has 8 nitrogen and oxygen atoms in total. The number of benzene rings is 2. The zero-order valence-corrected chi connectivity index (χ0v) is 17.6. The van der Waals surface area contributed by atoms with Crippen molar-refractivity contribution in [2.75, 3.05) is 26.4 Å². The number of hydrogen-bond donors (Lipinski definition) is 3. The monoisotopic (exact) mass is 438 g/mol. The maximum absolute atomic E-state index is 12.1. The average molecular weight is 438 g/mol. The number of carboxylic acids is 1. The Morgan fingerprint density at radius 3 is 2.19 bits per heavy atom. The lowest BCUT2D eigenvalue weighted by molar-refractivity contribution is -0.143. The number of alkyl carbamates (subject to hydrolysis) is 1. The highest BCUT2D eigenvalue weighted by atomic mass is 16.5. The molecular formula is C24H26N2O6. The van der Waals surface area contributed by atoms with Gasteiger partial charge in [-0.2, -0.15) is 0 Å². The quantitative estimate of drug-likeness (QED) is 0.492. The second-order valence-electron chi connectivity index (χ2n) is 8.05. The Kier molecular flexibility index (Phi) is 6.41. The maximum Gasteiger partial charge on any atom is 0.407 e. The highest BCUT2D eigenvalue weighted by Gasteiger charge is 2.51. The Labute approximate surface area is 185 Å².